The summed E-state index contributed by atoms with van der Waals surface area (Å²) < 4.78 is 5.61. The van der Waals surface area contributed by atoms with Crippen LogP contribution in [0.2, 0.25) is 0 Å². The number of ether oxygens (including phenoxy) is 1. The smallest absolute Gasteiger partial charge is 0.258 e. The first-order chi connectivity index (χ1) is 10.6. The molecule has 0 aliphatic carbocycles. The molecule has 1 N–H and O–H groups in total. The quantitative estimate of drug-likeness (QED) is 0.829. The molecule has 0 atom stereocenters. The van der Waals surface area contributed by atoms with Crippen molar-refractivity contribution in [2.24, 2.45) is 0 Å². The third-order valence-electron chi connectivity index (χ3n) is 3.07. The summed E-state index contributed by atoms with van der Waals surface area (Å²) in [4.78, 5) is 20.7. The van der Waals surface area contributed by atoms with Crippen LogP contribution in [0.25, 0.3) is 0 Å². The highest BCUT2D eigenvalue weighted by Crippen LogP contribution is 2.15. The van der Waals surface area contributed by atoms with E-state index < -0.39 is 0 Å². The first-order valence-corrected chi connectivity index (χ1v) is 7.45. The largest absolute Gasteiger partial charge is 0.494 e. The third-order valence-corrected chi connectivity index (χ3v) is 3.07. The SMILES string of the molecule is CCCCOc1cccc(C(=O)Nc2nc(C)cc(C)n2)c1. The van der Waals surface area contributed by atoms with Crippen LogP contribution in [0.4, 0.5) is 5.95 Å². The summed E-state index contributed by atoms with van der Waals surface area (Å²) in [5.74, 6) is 0.771. The van der Waals surface area contributed by atoms with E-state index in [0.717, 1.165) is 24.2 Å². The molecule has 5 nitrogen and oxygen atoms in total. The van der Waals surface area contributed by atoms with E-state index in [1.165, 1.54) is 0 Å². The fourth-order valence-corrected chi connectivity index (χ4v) is 2.02. The molecule has 0 saturated heterocycles. The van der Waals surface area contributed by atoms with Crippen LogP contribution in [0.5, 0.6) is 5.75 Å². The zero-order chi connectivity index (χ0) is 15.9. The van der Waals surface area contributed by atoms with Gasteiger partial charge < -0.3 is 4.74 Å². The van der Waals surface area contributed by atoms with Crippen molar-refractivity contribution in [2.75, 3.05) is 11.9 Å². The topological polar surface area (TPSA) is 64.1 Å². The molecule has 116 valence electrons. The average Bonchev–Trinajstić information content (AvgIpc) is 2.47. The molecule has 0 fully saturated rings. The lowest BCUT2D eigenvalue weighted by atomic mass is 10.2. The molecule has 22 heavy (non-hydrogen) atoms. The molecule has 0 spiro atoms. The zero-order valence-corrected chi connectivity index (χ0v) is 13.2. The fourth-order valence-electron chi connectivity index (χ4n) is 2.02. The van der Waals surface area contributed by atoms with Gasteiger partial charge in [0.15, 0.2) is 0 Å². The Morgan fingerprint density at radius 2 is 1.91 bits per heavy atom. The molecule has 0 aliphatic heterocycles. The number of aromatic nitrogens is 2. The van der Waals surface area contributed by atoms with Gasteiger partial charge in [-0.2, -0.15) is 0 Å². The van der Waals surface area contributed by atoms with Gasteiger partial charge in [-0.3, -0.25) is 10.1 Å². The number of carbonyl (C=O) groups excluding carboxylic acids is 1. The Kier molecular flexibility index (Phi) is 5.47. The standard InChI is InChI=1S/C17H21N3O2/c1-4-5-9-22-15-8-6-7-14(11-15)16(21)20-17-18-12(2)10-13(3)19-17/h6-8,10-11H,4-5,9H2,1-3H3,(H,18,19,20,21). The number of unbranched alkanes of at least 4 members (excludes halogenated alkanes) is 1. The summed E-state index contributed by atoms with van der Waals surface area (Å²) in [6, 6.07) is 8.98. The highest BCUT2D eigenvalue weighted by Gasteiger charge is 2.09. The van der Waals surface area contributed by atoms with Crippen LogP contribution < -0.4 is 10.1 Å². The van der Waals surface area contributed by atoms with E-state index in [1.54, 1.807) is 18.2 Å². The van der Waals surface area contributed by atoms with E-state index >= 15 is 0 Å². The van der Waals surface area contributed by atoms with E-state index in [-0.39, 0.29) is 5.91 Å². The molecule has 1 heterocycles. The summed E-state index contributed by atoms with van der Waals surface area (Å²) in [7, 11) is 0. The fraction of sp³-hybridized carbons (Fsp3) is 0.353. The van der Waals surface area contributed by atoms with Crippen molar-refractivity contribution >= 4 is 11.9 Å². The van der Waals surface area contributed by atoms with E-state index in [4.69, 9.17) is 4.74 Å². The van der Waals surface area contributed by atoms with Gasteiger partial charge in [0.1, 0.15) is 5.75 Å². The highest BCUT2D eigenvalue weighted by molar-refractivity contribution is 6.03. The summed E-state index contributed by atoms with van der Waals surface area (Å²) in [6.45, 7) is 6.50. The lowest BCUT2D eigenvalue weighted by Crippen LogP contribution is -2.15. The predicted octanol–water partition coefficient (Wildman–Crippen LogP) is 3.52. The van der Waals surface area contributed by atoms with Crippen LogP contribution in [0.3, 0.4) is 0 Å². The van der Waals surface area contributed by atoms with Gasteiger partial charge >= 0.3 is 0 Å². The number of nitrogens with one attached hydrogen (secondary N) is 1. The average molecular weight is 299 g/mol. The van der Waals surface area contributed by atoms with Crippen LogP contribution in [-0.4, -0.2) is 22.5 Å². The van der Waals surface area contributed by atoms with Crippen LogP contribution >= 0.6 is 0 Å². The number of nitrogens with zero attached hydrogens (tertiary/aromatic N) is 2. The molecule has 5 heteroatoms. The lowest BCUT2D eigenvalue weighted by molar-refractivity contribution is 0.102. The van der Waals surface area contributed by atoms with Crippen molar-refractivity contribution in [1.82, 2.24) is 9.97 Å². The minimum absolute atomic E-state index is 0.244. The number of carbonyl (C=O) groups is 1. The van der Waals surface area contributed by atoms with Crippen molar-refractivity contribution in [2.45, 2.75) is 33.6 Å². The molecule has 0 unspecified atom stereocenters. The summed E-state index contributed by atoms with van der Waals surface area (Å²) in [5, 5.41) is 2.72. The van der Waals surface area contributed by atoms with Gasteiger partial charge in [-0.25, -0.2) is 9.97 Å². The molecule has 0 saturated carbocycles. The maximum Gasteiger partial charge on any atom is 0.258 e. The first kappa shape index (κ1) is 15.9. The van der Waals surface area contributed by atoms with Crippen LogP contribution in [0.1, 0.15) is 41.5 Å². The number of benzene rings is 1. The summed E-state index contributed by atoms with van der Waals surface area (Å²) in [6.07, 6.45) is 2.07. The molecule has 1 aromatic carbocycles. The number of anilines is 1. The second kappa shape index (κ2) is 7.54. The van der Waals surface area contributed by atoms with Crippen molar-refractivity contribution in [3.8, 4) is 5.75 Å². The number of amides is 1. The Morgan fingerprint density at radius 1 is 1.18 bits per heavy atom. The Balaban J connectivity index is 2.07. The number of aryl methyl sites for hydroxylation is 2. The second-order valence-corrected chi connectivity index (χ2v) is 5.16. The van der Waals surface area contributed by atoms with Gasteiger partial charge in [-0.1, -0.05) is 19.4 Å². The van der Waals surface area contributed by atoms with Gasteiger partial charge in [0, 0.05) is 17.0 Å². The minimum atomic E-state index is -0.244. The Hall–Kier alpha value is -2.43. The third kappa shape index (κ3) is 4.55. The second-order valence-electron chi connectivity index (χ2n) is 5.16. The molecule has 2 rings (SSSR count). The zero-order valence-electron chi connectivity index (χ0n) is 13.2. The van der Waals surface area contributed by atoms with E-state index in [9.17, 15) is 4.79 Å². The molecule has 1 aromatic heterocycles. The minimum Gasteiger partial charge on any atom is -0.494 e. The number of rotatable bonds is 6. The highest BCUT2D eigenvalue weighted by atomic mass is 16.5. The van der Waals surface area contributed by atoms with Crippen molar-refractivity contribution in [1.29, 1.82) is 0 Å². The van der Waals surface area contributed by atoms with Gasteiger partial charge in [0.2, 0.25) is 5.95 Å². The maximum atomic E-state index is 12.3. The molecule has 0 bridgehead atoms. The van der Waals surface area contributed by atoms with Gasteiger partial charge in [0.25, 0.3) is 5.91 Å². The van der Waals surface area contributed by atoms with E-state index in [2.05, 4.69) is 22.2 Å². The summed E-state index contributed by atoms with van der Waals surface area (Å²) >= 11 is 0. The molecular formula is C17H21N3O2. The van der Waals surface area contributed by atoms with E-state index in [0.29, 0.717) is 23.9 Å². The molecule has 2 aromatic rings. The molecular weight excluding hydrogens is 278 g/mol. The van der Waals surface area contributed by atoms with Crippen molar-refractivity contribution in [3.05, 3.63) is 47.3 Å². The number of hydrogen-bond donors (Lipinski definition) is 1. The molecule has 0 aliphatic rings. The summed E-state index contributed by atoms with van der Waals surface area (Å²) in [5.41, 5.74) is 2.16. The van der Waals surface area contributed by atoms with Crippen LogP contribution in [-0.2, 0) is 0 Å². The molecule has 0 radical (unpaired) electrons. The Bertz CT molecular complexity index is 636. The predicted molar refractivity (Wildman–Crippen MR) is 86.3 cm³/mol. The van der Waals surface area contributed by atoms with Gasteiger partial charge in [-0.15, -0.1) is 0 Å². The van der Waals surface area contributed by atoms with Gasteiger partial charge in [-0.05, 0) is 44.5 Å². The Morgan fingerprint density at radius 3 is 2.59 bits per heavy atom. The molecule has 1 amide bonds. The maximum absolute atomic E-state index is 12.3. The number of hydrogen-bond acceptors (Lipinski definition) is 4. The normalized spacial score (nSPS) is 10.3. The monoisotopic (exact) mass is 299 g/mol. The van der Waals surface area contributed by atoms with Gasteiger partial charge in [0.05, 0.1) is 6.61 Å². The van der Waals surface area contributed by atoms with Crippen molar-refractivity contribution in [3.63, 3.8) is 0 Å². The van der Waals surface area contributed by atoms with Crippen LogP contribution in [0, 0.1) is 13.8 Å². The Labute approximate surface area is 130 Å². The van der Waals surface area contributed by atoms with E-state index in [1.807, 2.05) is 26.0 Å². The lowest BCUT2D eigenvalue weighted by Gasteiger charge is -2.08. The van der Waals surface area contributed by atoms with Crippen LogP contribution in [0.15, 0.2) is 30.3 Å². The first-order valence-electron chi connectivity index (χ1n) is 7.45. The van der Waals surface area contributed by atoms with Crippen molar-refractivity contribution < 1.29 is 9.53 Å².